The van der Waals surface area contributed by atoms with Crippen molar-refractivity contribution in [3.63, 3.8) is 0 Å². The molecule has 1 fully saturated rings. The van der Waals surface area contributed by atoms with Gasteiger partial charge in [-0.25, -0.2) is 0 Å². The molecule has 0 aliphatic heterocycles. The summed E-state index contributed by atoms with van der Waals surface area (Å²) in [5.74, 6) is 1.92. The summed E-state index contributed by atoms with van der Waals surface area (Å²) in [6.45, 7) is 13.0. The van der Waals surface area contributed by atoms with Gasteiger partial charge >= 0.3 is 0 Å². The first-order chi connectivity index (χ1) is 15.3. The summed E-state index contributed by atoms with van der Waals surface area (Å²) < 4.78 is 0. The summed E-state index contributed by atoms with van der Waals surface area (Å²) >= 11 is 0. The summed E-state index contributed by atoms with van der Waals surface area (Å²) in [6.07, 6.45) is 14.4. The highest BCUT2D eigenvalue weighted by atomic mass is 31.0. The van der Waals surface area contributed by atoms with E-state index < -0.39 is 0 Å². The zero-order valence-electron chi connectivity index (χ0n) is 21.3. The van der Waals surface area contributed by atoms with Crippen molar-refractivity contribution in [3.05, 3.63) is 57.7 Å². The van der Waals surface area contributed by atoms with Crippen molar-refractivity contribution in [1.82, 2.24) is 5.32 Å². The molecular weight excluding hydrogens is 405 g/mol. The van der Waals surface area contributed by atoms with Gasteiger partial charge in [0.25, 0.3) is 0 Å². The molecule has 0 heterocycles. The molecule has 2 heteroatoms. The molecule has 1 N–H and O–H groups in total. The molecule has 32 heavy (non-hydrogen) atoms. The third-order valence-corrected chi connectivity index (χ3v) is 9.92. The highest BCUT2D eigenvalue weighted by Crippen LogP contribution is 2.49. The van der Waals surface area contributed by atoms with Crippen molar-refractivity contribution in [3.8, 4) is 0 Å². The Balaban J connectivity index is 1.33. The molecule has 176 valence electrons. The lowest BCUT2D eigenvalue weighted by Gasteiger charge is -2.40. The van der Waals surface area contributed by atoms with Crippen molar-refractivity contribution in [2.75, 3.05) is 6.54 Å². The van der Waals surface area contributed by atoms with Crippen LogP contribution in [0, 0.1) is 24.2 Å². The topological polar surface area (TPSA) is 12.0 Å². The Morgan fingerprint density at radius 1 is 1.22 bits per heavy atom. The second-order valence-electron chi connectivity index (χ2n) is 11.5. The Kier molecular flexibility index (Phi) is 7.68. The molecular formula is C30H46NP. The summed E-state index contributed by atoms with van der Waals surface area (Å²) in [5, 5.41) is 3.81. The normalized spacial score (nSPS) is 29.4. The zero-order chi connectivity index (χ0) is 22.9. The highest BCUT2D eigenvalue weighted by molar-refractivity contribution is 7.17. The zero-order valence-corrected chi connectivity index (χ0v) is 22.4. The maximum Gasteiger partial charge on any atom is 0.0291 e. The second kappa shape index (κ2) is 10.1. The van der Waals surface area contributed by atoms with Gasteiger partial charge in [-0.05, 0) is 124 Å². The van der Waals surface area contributed by atoms with Crippen molar-refractivity contribution in [2.45, 2.75) is 104 Å². The quantitative estimate of drug-likeness (QED) is 0.374. The van der Waals surface area contributed by atoms with Crippen LogP contribution in [0.2, 0.25) is 0 Å². The van der Waals surface area contributed by atoms with Gasteiger partial charge in [0.15, 0.2) is 0 Å². The van der Waals surface area contributed by atoms with Crippen molar-refractivity contribution >= 4 is 9.24 Å². The molecule has 1 aromatic rings. The monoisotopic (exact) mass is 451 g/mol. The molecule has 6 atom stereocenters. The smallest absolute Gasteiger partial charge is 0.0291 e. The number of aryl methyl sites for hydroxylation is 1. The number of hydrogen-bond acceptors (Lipinski definition) is 1. The number of hydrogen-bond donors (Lipinski definition) is 1. The molecule has 1 saturated carbocycles. The predicted molar refractivity (Wildman–Crippen MR) is 143 cm³/mol. The minimum absolute atomic E-state index is 0.337. The Bertz CT molecular complexity index is 879. The summed E-state index contributed by atoms with van der Waals surface area (Å²) in [6, 6.07) is 7.68. The Morgan fingerprint density at radius 3 is 2.72 bits per heavy atom. The Morgan fingerprint density at radius 2 is 2.03 bits per heavy atom. The average molecular weight is 452 g/mol. The van der Waals surface area contributed by atoms with E-state index in [9.17, 15) is 0 Å². The van der Waals surface area contributed by atoms with E-state index in [0.29, 0.717) is 11.5 Å². The molecule has 1 aromatic carbocycles. The first kappa shape index (κ1) is 24.2. The molecule has 6 unspecified atom stereocenters. The lowest BCUT2D eigenvalue weighted by Crippen LogP contribution is -2.34. The van der Waals surface area contributed by atoms with Gasteiger partial charge in [0.2, 0.25) is 0 Å². The fourth-order valence-corrected chi connectivity index (χ4v) is 7.41. The van der Waals surface area contributed by atoms with Gasteiger partial charge in [0.05, 0.1) is 0 Å². The molecule has 0 radical (unpaired) electrons. The fraction of sp³-hybridized carbons (Fsp3) is 0.667. The standard InChI is InChI=1S/C30H46NP/c1-6-23-11-12-27(23)29(32)13-15-31-22(4)24-9-10-26(21(3)18-24)19-30(5)14-7-8-25-16-20(2)17-28(25)30/h9-10,16,18,22-23,27,29,31H,6-8,11-15,17,19,32H2,1-5H3. The second-order valence-corrected chi connectivity index (χ2v) is 12.3. The van der Waals surface area contributed by atoms with Crippen LogP contribution in [0.5, 0.6) is 0 Å². The summed E-state index contributed by atoms with van der Waals surface area (Å²) in [5.41, 5.74) is 10.5. The van der Waals surface area contributed by atoms with Gasteiger partial charge in [-0.3, -0.25) is 0 Å². The van der Waals surface area contributed by atoms with E-state index >= 15 is 0 Å². The molecule has 3 aliphatic carbocycles. The number of nitrogens with one attached hydrogen (secondary N) is 1. The van der Waals surface area contributed by atoms with Crippen LogP contribution in [0.3, 0.4) is 0 Å². The Hall–Kier alpha value is -0.910. The number of allylic oxidation sites excluding steroid dienone is 4. The maximum atomic E-state index is 3.81. The molecule has 0 saturated heterocycles. The van der Waals surface area contributed by atoms with Gasteiger partial charge in [-0.15, -0.1) is 9.24 Å². The van der Waals surface area contributed by atoms with Gasteiger partial charge in [0.1, 0.15) is 0 Å². The fourth-order valence-electron chi connectivity index (χ4n) is 6.74. The molecule has 1 nitrogen and oxygen atoms in total. The molecule has 0 bridgehead atoms. The first-order valence-electron chi connectivity index (χ1n) is 13.3. The van der Waals surface area contributed by atoms with Gasteiger partial charge in [0, 0.05) is 6.04 Å². The summed E-state index contributed by atoms with van der Waals surface area (Å²) in [7, 11) is 3.15. The van der Waals surface area contributed by atoms with Crippen molar-refractivity contribution in [1.29, 1.82) is 0 Å². The van der Waals surface area contributed by atoms with E-state index in [1.165, 1.54) is 68.9 Å². The minimum atomic E-state index is 0.337. The van der Waals surface area contributed by atoms with E-state index in [1.807, 2.05) is 0 Å². The van der Waals surface area contributed by atoms with Crippen LogP contribution in [-0.2, 0) is 6.42 Å². The van der Waals surface area contributed by atoms with Crippen LogP contribution in [0.4, 0.5) is 0 Å². The van der Waals surface area contributed by atoms with Crippen LogP contribution < -0.4 is 5.32 Å². The van der Waals surface area contributed by atoms with Gasteiger partial charge in [-0.1, -0.05) is 55.7 Å². The van der Waals surface area contributed by atoms with E-state index in [-0.39, 0.29) is 0 Å². The largest absolute Gasteiger partial charge is 0.310 e. The van der Waals surface area contributed by atoms with E-state index in [4.69, 9.17) is 0 Å². The predicted octanol–water partition coefficient (Wildman–Crippen LogP) is 8.09. The van der Waals surface area contributed by atoms with Gasteiger partial charge < -0.3 is 5.32 Å². The third kappa shape index (κ3) is 5.10. The first-order valence-corrected chi connectivity index (χ1v) is 14.0. The average Bonchev–Trinajstić information content (AvgIpc) is 3.11. The van der Waals surface area contributed by atoms with Crippen LogP contribution in [0.25, 0.3) is 0 Å². The van der Waals surface area contributed by atoms with E-state index in [1.54, 1.807) is 22.3 Å². The molecule has 0 spiro atoms. The van der Waals surface area contributed by atoms with Crippen molar-refractivity contribution < 1.29 is 0 Å². The lowest BCUT2D eigenvalue weighted by atomic mass is 9.67. The van der Waals surface area contributed by atoms with Crippen LogP contribution in [0.15, 0.2) is 41.0 Å². The van der Waals surface area contributed by atoms with Crippen LogP contribution >= 0.6 is 9.24 Å². The lowest BCUT2D eigenvalue weighted by molar-refractivity contribution is 0.161. The SMILES string of the molecule is CCC1CCC1C(P)CCNC(C)c1ccc(CC2(C)CCCC3=C2CC(C)=C3)c(C)c1. The maximum absolute atomic E-state index is 3.81. The molecule has 0 amide bonds. The van der Waals surface area contributed by atoms with E-state index in [2.05, 4.69) is 73.5 Å². The van der Waals surface area contributed by atoms with E-state index in [0.717, 1.165) is 24.0 Å². The number of rotatable bonds is 9. The Labute approximate surface area is 200 Å². The van der Waals surface area contributed by atoms with Crippen LogP contribution in [0.1, 0.15) is 102 Å². The molecule has 0 aromatic heterocycles. The summed E-state index contributed by atoms with van der Waals surface area (Å²) in [4.78, 5) is 0. The highest BCUT2D eigenvalue weighted by Gasteiger charge is 2.36. The van der Waals surface area contributed by atoms with Gasteiger partial charge in [-0.2, -0.15) is 0 Å². The minimum Gasteiger partial charge on any atom is -0.310 e. The third-order valence-electron chi connectivity index (χ3n) is 9.09. The van der Waals surface area contributed by atoms with Crippen LogP contribution in [-0.4, -0.2) is 12.2 Å². The molecule has 4 rings (SSSR count). The molecule has 3 aliphatic rings. The van der Waals surface area contributed by atoms with Crippen molar-refractivity contribution in [2.24, 2.45) is 17.3 Å². The number of benzene rings is 1.